The van der Waals surface area contributed by atoms with E-state index in [9.17, 15) is 0 Å². The lowest BCUT2D eigenvalue weighted by Crippen LogP contribution is -2.43. The average molecular weight is 202 g/mol. The van der Waals surface area contributed by atoms with Gasteiger partial charge in [-0.1, -0.05) is 36.9 Å². The smallest absolute Gasteiger partial charge is 0.115 e. The van der Waals surface area contributed by atoms with Crippen molar-refractivity contribution in [1.29, 1.82) is 0 Å². The van der Waals surface area contributed by atoms with Crippen LogP contribution in [0.15, 0.2) is 55.8 Å². The molecule has 0 amide bonds. The summed E-state index contributed by atoms with van der Waals surface area (Å²) in [6.45, 7) is 7.78. The van der Waals surface area contributed by atoms with Gasteiger partial charge in [-0.15, -0.1) is 0 Å². The molecule has 1 atom stereocenters. The van der Waals surface area contributed by atoms with E-state index < -0.39 is 0 Å². The lowest BCUT2D eigenvalue weighted by atomic mass is 10.0. The summed E-state index contributed by atoms with van der Waals surface area (Å²) in [5.74, 6) is 0. The third kappa shape index (κ3) is 3.07. The van der Waals surface area contributed by atoms with Gasteiger partial charge < -0.3 is 0 Å². The number of hydrogen-bond acceptors (Lipinski definition) is 0. The zero-order chi connectivity index (χ0) is 11.3. The number of likely N-dealkylation sites (N-methyl/N-ethyl adjacent to an activating group) is 1. The minimum Gasteiger partial charge on any atom is -0.297 e. The largest absolute Gasteiger partial charge is 0.297 e. The second-order valence-corrected chi connectivity index (χ2v) is 4.30. The molecule has 0 saturated carbocycles. The van der Waals surface area contributed by atoms with Crippen LogP contribution in [-0.4, -0.2) is 24.6 Å². The van der Waals surface area contributed by atoms with Crippen LogP contribution in [0.2, 0.25) is 0 Å². The third-order valence-corrected chi connectivity index (χ3v) is 2.89. The molecule has 0 radical (unpaired) electrons. The van der Waals surface area contributed by atoms with Crippen LogP contribution in [0.3, 0.4) is 0 Å². The van der Waals surface area contributed by atoms with E-state index >= 15 is 0 Å². The minimum absolute atomic E-state index is 0.380. The van der Waals surface area contributed by atoms with Gasteiger partial charge in [-0.05, 0) is 18.2 Å². The number of quaternary nitrogens is 1. The Bertz CT molecular complexity index is 324. The molecule has 0 spiro atoms. The van der Waals surface area contributed by atoms with E-state index in [1.165, 1.54) is 5.56 Å². The van der Waals surface area contributed by atoms with E-state index in [4.69, 9.17) is 0 Å². The van der Waals surface area contributed by atoms with Crippen molar-refractivity contribution in [3.8, 4) is 0 Å². The van der Waals surface area contributed by atoms with Crippen LogP contribution >= 0.6 is 0 Å². The highest BCUT2D eigenvalue weighted by molar-refractivity contribution is 5.16. The first-order valence-electron chi connectivity index (χ1n) is 5.23. The van der Waals surface area contributed by atoms with E-state index in [2.05, 4.69) is 51.5 Å². The maximum Gasteiger partial charge on any atom is 0.115 e. The Kier molecular flexibility index (Phi) is 3.87. The molecule has 0 aliphatic heterocycles. The molecule has 0 saturated heterocycles. The highest BCUT2D eigenvalue weighted by atomic mass is 15.3. The minimum atomic E-state index is 0.380. The summed E-state index contributed by atoms with van der Waals surface area (Å²) in [5, 5.41) is 0. The molecule has 0 N–H and O–H groups in total. The molecule has 15 heavy (non-hydrogen) atoms. The summed E-state index contributed by atoms with van der Waals surface area (Å²) in [6, 6.07) is 10.9. The maximum atomic E-state index is 3.91. The Hall–Kier alpha value is -1.34. The van der Waals surface area contributed by atoms with E-state index in [-0.39, 0.29) is 0 Å². The monoisotopic (exact) mass is 202 g/mol. The average Bonchev–Trinajstić information content (AvgIpc) is 2.27. The van der Waals surface area contributed by atoms with Crippen LogP contribution in [0.1, 0.15) is 5.56 Å². The molecule has 1 unspecified atom stereocenters. The van der Waals surface area contributed by atoms with Gasteiger partial charge in [0.1, 0.15) is 6.04 Å². The molecular formula is C14H20N+. The highest BCUT2D eigenvalue weighted by Crippen LogP contribution is 2.14. The zero-order valence-corrected chi connectivity index (χ0v) is 9.69. The lowest BCUT2D eigenvalue weighted by Gasteiger charge is -2.32. The van der Waals surface area contributed by atoms with Crippen molar-refractivity contribution in [2.45, 2.75) is 12.5 Å². The molecule has 1 heteroatoms. The van der Waals surface area contributed by atoms with E-state index in [1.54, 1.807) is 0 Å². The van der Waals surface area contributed by atoms with Crippen LogP contribution in [-0.2, 0) is 6.42 Å². The molecule has 0 aromatic heterocycles. The molecule has 80 valence electrons. The Morgan fingerprint density at radius 1 is 1.20 bits per heavy atom. The Morgan fingerprint density at radius 2 is 1.80 bits per heavy atom. The summed E-state index contributed by atoms with van der Waals surface area (Å²) < 4.78 is 0.762. The first kappa shape index (κ1) is 11.7. The van der Waals surface area contributed by atoms with Crippen LogP contribution in [0, 0.1) is 0 Å². The molecule has 0 heterocycles. The topological polar surface area (TPSA) is 0 Å². The molecule has 0 aliphatic rings. The Labute approximate surface area is 92.9 Å². The number of hydrogen-bond donors (Lipinski definition) is 0. The van der Waals surface area contributed by atoms with E-state index in [0.29, 0.717) is 6.04 Å². The second kappa shape index (κ2) is 4.94. The first-order valence-corrected chi connectivity index (χ1v) is 5.23. The van der Waals surface area contributed by atoms with Crippen LogP contribution in [0.5, 0.6) is 0 Å². The van der Waals surface area contributed by atoms with Crippen LogP contribution in [0.25, 0.3) is 0 Å². The summed E-state index contributed by atoms with van der Waals surface area (Å²) in [6.07, 6.45) is 4.97. The van der Waals surface area contributed by atoms with Gasteiger partial charge in [0.2, 0.25) is 0 Å². The van der Waals surface area contributed by atoms with Gasteiger partial charge in [0, 0.05) is 6.42 Å². The molecule has 0 bridgehead atoms. The molecule has 1 aromatic carbocycles. The lowest BCUT2D eigenvalue weighted by molar-refractivity contribution is -0.857. The van der Waals surface area contributed by atoms with Gasteiger partial charge in [0.05, 0.1) is 20.3 Å². The van der Waals surface area contributed by atoms with Crippen molar-refractivity contribution >= 4 is 0 Å². The maximum absolute atomic E-state index is 3.91. The molecule has 1 nitrogen and oxygen atoms in total. The van der Waals surface area contributed by atoms with E-state index in [0.717, 1.165) is 10.9 Å². The van der Waals surface area contributed by atoms with E-state index in [1.807, 2.05) is 18.3 Å². The quantitative estimate of drug-likeness (QED) is 0.508. The highest BCUT2D eigenvalue weighted by Gasteiger charge is 2.22. The molecule has 1 rings (SSSR count). The van der Waals surface area contributed by atoms with Crippen LogP contribution < -0.4 is 0 Å². The van der Waals surface area contributed by atoms with Gasteiger partial charge in [-0.2, -0.15) is 0 Å². The third-order valence-electron chi connectivity index (χ3n) is 2.89. The predicted molar refractivity (Wildman–Crippen MR) is 66.4 cm³/mol. The fraction of sp³-hybridized carbons (Fsp3) is 0.286. The van der Waals surface area contributed by atoms with Gasteiger partial charge in [0.15, 0.2) is 0 Å². The van der Waals surface area contributed by atoms with Gasteiger partial charge in [0.25, 0.3) is 0 Å². The number of rotatable bonds is 5. The summed E-state index contributed by atoms with van der Waals surface area (Å²) in [7, 11) is 4.28. The van der Waals surface area contributed by atoms with Crippen molar-refractivity contribution in [2.24, 2.45) is 0 Å². The first-order chi connectivity index (χ1) is 7.10. The molecule has 0 fully saturated rings. The predicted octanol–water partition coefficient (Wildman–Crippen LogP) is 3.00. The van der Waals surface area contributed by atoms with Crippen molar-refractivity contribution in [3.63, 3.8) is 0 Å². The van der Waals surface area contributed by atoms with Crippen molar-refractivity contribution in [1.82, 2.24) is 0 Å². The molecule has 1 aromatic rings. The summed E-state index contributed by atoms with van der Waals surface area (Å²) in [4.78, 5) is 0. The van der Waals surface area contributed by atoms with Gasteiger partial charge in [-0.25, -0.2) is 0 Å². The molecule has 0 aliphatic carbocycles. The summed E-state index contributed by atoms with van der Waals surface area (Å²) in [5.41, 5.74) is 1.34. The number of benzene rings is 1. The SMILES string of the molecule is C=CC(Cc1ccccc1)[N+](C)(C)C=C. The van der Waals surface area contributed by atoms with Crippen molar-refractivity contribution in [3.05, 3.63) is 61.3 Å². The zero-order valence-electron chi connectivity index (χ0n) is 9.69. The number of nitrogens with zero attached hydrogens (tertiary/aromatic N) is 1. The standard InChI is InChI=1S/C14H20N/c1-5-14(15(3,4)6-2)12-13-10-8-7-9-11-13/h5-11,14H,1-2,12H2,3-4H3/q+1. The van der Waals surface area contributed by atoms with Crippen LogP contribution in [0.4, 0.5) is 0 Å². The Balaban J connectivity index is 2.79. The van der Waals surface area contributed by atoms with Crippen molar-refractivity contribution in [2.75, 3.05) is 14.1 Å². The fourth-order valence-corrected chi connectivity index (χ4v) is 1.58. The second-order valence-electron chi connectivity index (χ2n) is 4.30. The Morgan fingerprint density at radius 3 is 2.27 bits per heavy atom. The fourth-order valence-electron chi connectivity index (χ4n) is 1.58. The van der Waals surface area contributed by atoms with Gasteiger partial charge >= 0.3 is 0 Å². The normalized spacial score (nSPS) is 13.2. The van der Waals surface area contributed by atoms with Gasteiger partial charge in [-0.3, -0.25) is 4.48 Å². The summed E-state index contributed by atoms with van der Waals surface area (Å²) >= 11 is 0. The van der Waals surface area contributed by atoms with Crippen molar-refractivity contribution < 1.29 is 4.48 Å². The molecular weight excluding hydrogens is 182 g/mol.